The van der Waals surface area contributed by atoms with Gasteiger partial charge in [0.1, 0.15) is 0 Å². The fourth-order valence-electron chi connectivity index (χ4n) is 4.44. The van der Waals surface area contributed by atoms with E-state index in [-0.39, 0.29) is 17.9 Å². The fraction of sp³-hybridized carbons (Fsp3) is 0.320. The minimum absolute atomic E-state index is 0.0557. The lowest BCUT2D eigenvalue weighted by atomic mass is 9.82. The number of hydrogen-bond donors (Lipinski definition) is 2. The molecule has 2 aliphatic rings. The van der Waals surface area contributed by atoms with Gasteiger partial charge < -0.3 is 15.3 Å². The number of nitrogens with one attached hydrogen (secondary N) is 1. The minimum atomic E-state index is -0.949. The van der Waals surface area contributed by atoms with Crippen molar-refractivity contribution < 1.29 is 19.5 Å². The van der Waals surface area contributed by atoms with E-state index in [0.29, 0.717) is 24.3 Å². The van der Waals surface area contributed by atoms with Crippen LogP contribution in [0.25, 0.3) is 0 Å². The number of hydrogen-bond acceptors (Lipinski definition) is 4. The average molecular weight is 451 g/mol. The molecular weight excluding hydrogens is 424 g/mol. The smallest absolute Gasteiger partial charge is 0.307 e. The lowest BCUT2D eigenvalue weighted by Gasteiger charge is -2.24. The summed E-state index contributed by atoms with van der Waals surface area (Å²) in [6, 6.07) is 15.5. The van der Waals surface area contributed by atoms with Crippen LogP contribution in [0.2, 0.25) is 0 Å². The summed E-state index contributed by atoms with van der Waals surface area (Å²) in [4.78, 5) is 39.9. The number of thioether (sulfide) groups is 1. The molecule has 0 saturated carbocycles. The molecule has 1 aliphatic heterocycles. The monoisotopic (exact) mass is 450 g/mol. The summed E-state index contributed by atoms with van der Waals surface area (Å²) in [5, 5.41) is 12.3. The highest BCUT2D eigenvalue weighted by atomic mass is 32.2. The second-order valence-corrected chi connectivity index (χ2v) is 9.29. The standard InChI is InChI=1S/C25H26N2O4S/c1-16-13-17-7-2-5-12-22(17)27(16)23(28)15-32-19-9-6-8-18(14-19)26-24(29)20-10-3-4-11-21(20)25(30)31/h2-9,12,14,16,20-21H,10-11,13,15H2,1H3,(H,26,29)(H,30,31). The van der Waals surface area contributed by atoms with Crippen molar-refractivity contribution in [2.24, 2.45) is 11.8 Å². The Morgan fingerprint density at radius 3 is 2.59 bits per heavy atom. The minimum Gasteiger partial charge on any atom is -0.481 e. The first-order valence-corrected chi connectivity index (χ1v) is 11.7. The van der Waals surface area contributed by atoms with Crippen LogP contribution in [0.1, 0.15) is 25.3 Å². The molecule has 0 saturated heterocycles. The lowest BCUT2D eigenvalue weighted by Crippen LogP contribution is -2.36. The van der Waals surface area contributed by atoms with Crippen molar-refractivity contribution in [3.63, 3.8) is 0 Å². The molecule has 0 spiro atoms. The first-order valence-electron chi connectivity index (χ1n) is 10.8. The van der Waals surface area contributed by atoms with Crippen molar-refractivity contribution in [1.29, 1.82) is 0 Å². The van der Waals surface area contributed by atoms with Gasteiger partial charge in [0.25, 0.3) is 0 Å². The molecule has 2 aromatic rings. The molecular formula is C25H26N2O4S. The highest BCUT2D eigenvalue weighted by Gasteiger charge is 2.34. The number of carboxylic acids is 1. The summed E-state index contributed by atoms with van der Waals surface area (Å²) in [7, 11) is 0. The van der Waals surface area contributed by atoms with Gasteiger partial charge in [0, 0.05) is 22.3 Å². The third kappa shape index (κ3) is 4.72. The van der Waals surface area contributed by atoms with Gasteiger partial charge in [0.05, 0.1) is 17.6 Å². The SMILES string of the molecule is CC1Cc2ccccc2N1C(=O)CSc1cccc(NC(=O)C2CC=CCC2C(=O)O)c1. The molecule has 4 rings (SSSR count). The lowest BCUT2D eigenvalue weighted by molar-refractivity contribution is -0.146. The van der Waals surface area contributed by atoms with Crippen LogP contribution in [-0.2, 0) is 20.8 Å². The van der Waals surface area contributed by atoms with Crippen molar-refractivity contribution in [3.05, 3.63) is 66.2 Å². The number of rotatable bonds is 6. The van der Waals surface area contributed by atoms with Gasteiger partial charge in [-0.25, -0.2) is 0 Å². The van der Waals surface area contributed by atoms with Crippen LogP contribution in [0.5, 0.6) is 0 Å². The number of amides is 2. The van der Waals surface area contributed by atoms with Crippen LogP contribution >= 0.6 is 11.8 Å². The number of carbonyl (C=O) groups is 3. The molecule has 166 valence electrons. The normalized spacial score (nSPS) is 21.8. The van der Waals surface area contributed by atoms with Gasteiger partial charge in [0.2, 0.25) is 11.8 Å². The third-order valence-electron chi connectivity index (χ3n) is 6.03. The maximum absolute atomic E-state index is 12.9. The fourth-order valence-corrected chi connectivity index (χ4v) is 5.25. The number of fused-ring (bicyclic) bond motifs is 1. The van der Waals surface area contributed by atoms with Gasteiger partial charge in [0.15, 0.2) is 0 Å². The van der Waals surface area contributed by atoms with E-state index < -0.39 is 17.8 Å². The number of benzene rings is 2. The Hall–Kier alpha value is -3.06. The molecule has 2 amide bonds. The molecule has 0 aromatic heterocycles. The van der Waals surface area contributed by atoms with Gasteiger partial charge in [-0.3, -0.25) is 14.4 Å². The Morgan fingerprint density at radius 2 is 1.81 bits per heavy atom. The van der Waals surface area contributed by atoms with E-state index in [4.69, 9.17) is 0 Å². The second-order valence-electron chi connectivity index (χ2n) is 8.25. The quantitative estimate of drug-likeness (QED) is 0.504. The second kappa shape index (κ2) is 9.61. The van der Waals surface area contributed by atoms with Crippen molar-refractivity contribution in [1.82, 2.24) is 0 Å². The number of para-hydroxylation sites is 1. The van der Waals surface area contributed by atoms with Gasteiger partial charge in [-0.05, 0) is 56.0 Å². The molecule has 6 nitrogen and oxygen atoms in total. The molecule has 3 atom stereocenters. The van der Waals surface area contributed by atoms with E-state index in [1.54, 1.807) is 6.07 Å². The molecule has 7 heteroatoms. The summed E-state index contributed by atoms with van der Waals surface area (Å²) in [5.74, 6) is -2.18. The van der Waals surface area contributed by atoms with E-state index in [2.05, 4.69) is 18.3 Å². The average Bonchev–Trinajstić information content (AvgIpc) is 3.13. The number of carbonyl (C=O) groups excluding carboxylic acids is 2. The van der Waals surface area contributed by atoms with Crippen LogP contribution < -0.4 is 10.2 Å². The first kappa shape index (κ1) is 22.1. The summed E-state index contributed by atoms with van der Waals surface area (Å²) >= 11 is 1.43. The van der Waals surface area contributed by atoms with E-state index in [9.17, 15) is 19.5 Å². The Morgan fingerprint density at radius 1 is 1.06 bits per heavy atom. The Labute approximate surface area is 191 Å². The summed E-state index contributed by atoms with van der Waals surface area (Å²) < 4.78 is 0. The van der Waals surface area contributed by atoms with Crippen LogP contribution in [-0.4, -0.2) is 34.7 Å². The van der Waals surface area contributed by atoms with Gasteiger partial charge in [-0.1, -0.05) is 36.4 Å². The van der Waals surface area contributed by atoms with Gasteiger partial charge in [-0.15, -0.1) is 11.8 Å². The van der Waals surface area contributed by atoms with E-state index >= 15 is 0 Å². The molecule has 2 N–H and O–H groups in total. The van der Waals surface area contributed by atoms with E-state index in [1.807, 2.05) is 53.5 Å². The Bertz CT molecular complexity index is 1070. The van der Waals surface area contributed by atoms with Crippen LogP contribution in [0.15, 0.2) is 65.6 Å². The van der Waals surface area contributed by atoms with Crippen LogP contribution in [0, 0.1) is 11.8 Å². The molecule has 2 aromatic carbocycles. The number of carboxylic acid groups (broad SMARTS) is 1. The number of anilines is 2. The van der Waals surface area contributed by atoms with Crippen LogP contribution in [0.4, 0.5) is 11.4 Å². The van der Waals surface area contributed by atoms with Crippen molar-refractivity contribution in [3.8, 4) is 0 Å². The zero-order chi connectivity index (χ0) is 22.7. The predicted octanol–water partition coefficient (Wildman–Crippen LogP) is 4.36. The Balaban J connectivity index is 1.38. The highest BCUT2D eigenvalue weighted by molar-refractivity contribution is 8.00. The van der Waals surface area contributed by atoms with E-state index in [0.717, 1.165) is 17.0 Å². The summed E-state index contributed by atoms with van der Waals surface area (Å²) in [5.41, 5.74) is 2.78. The number of nitrogens with zero attached hydrogens (tertiary/aromatic N) is 1. The zero-order valence-corrected chi connectivity index (χ0v) is 18.7. The number of aliphatic carboxylic acids is 1. The van der Waals surface area contributed by atoms with E-state index in [1.165, 1.54) is 17.3 Å². The zero-order valence-electron chi connectivity index (χ0n) is 17.9. The van der Waals surface area contributed by atoms with Crippen molar-refractivity contribution in [2.75, 3.05) is 16.0 Å². The topological polar surface area (TPSA) is 86.7 Å². The van der Waals surface area contributed by atoms with Crippen molar-refractivity contribution in [2.45, 2.75) is 37.1 Å². The Kier molecular flexibility index (Phi) is 6.65. The summed E-state index contributed by atoms with van der Waals surface area (Å²) in [6.07, 6.45) is 5.32. The first-order chi connectivity index (χ1) is 15.4. The number of allylic oxidation sites excluding steroid dienone is 2. The maximum Gasteiger partial charge on any atom is 0.307 e. The molecule has 0 fully saturated rings. The molecule has 0 radical (unpaired) electrons. The van der Waals surface area contributed by atoms with Gasteiger partial charge >= 0.3 is 5.97 Å². The van der Waals surface area contributed by atoms with Gasteiger partial charge in [-0.2, -0.15) is 0 Å². The molecule has 3 unspecified atom stereocenters. The predicted molar refractivity (Wildman–Crippen MR) is 126 cm³/mol. The molecule has 1 aliphatic carbocycles. The summed E-state index contributed by atoms with van der Waals surface area (Å²) in [6.45, 7) is 2.06. The largest absolute Gasteiger partial charge is 0.481 e. The molecule has 1 heterocycles. The molecule has 32 heavy (non-hydrogen) atoms. The van der Waals surface area contributed by atoms with Crippen LogP contribution in [0.3, 0.4) is 0 Å². The highest BCUT2D eigenvalue weighted by Crippen LogP contribution is 2.33. The molecule has 0 bridgehead atoms. The third-order valence-corrected chi connectivity index (χ3v) is 7.00. The van der Waals surface area contributed by atoms with Crippen molar-refractivity contribution >= 4 is 40.9 Å². The maximum atomic E-state index is 12.9.